The first kappa shape index (κ1) is 15.2. The minimum absolute atomic E-state index is 0.0833. The first-order chi connectivity index (χ1) is 8.54. The molecule has 100 valence electrons. The molecule has 1 aromatic rings. The fourth-order valence-corrected chi connectivity index (χ4v) is 3.91. The van der Waals surface area contributed by atoms with Crippen molar-refractivity contribution in [1.29, 1.82) is 0 Å². The Balaban J connectivity index is 2.89. The largest absolute Gasteiger partial charge is 0.312 e. The fourth-order valence-electron chi connectivity index (χ4n) is 1.45. The van der Waals surface area contributed by atoms with E-state index in [0.29, 0.717) is 11.4 Å². The van der Waals surface area contributed by atoms with Gasteiger partial charge in [-0.25, -0.2) is 8.42 Å². The third-order valence-electron chi connectivity index (χ3n) is 2.42. The van der Waals surface area contributed by atoms with Crippen molar-refractivity contribution in [2.45, 2.75) is 24.8 Å². The summed E-state index contributed by atoms with van der Waals surface area (Å²) in [5, 5.41) is 5.00. The van der Waals surface area contributed by atoms with Crippen LogP contribution in [-0.4, -0.2) is 32.9 Å². The summed E-state index contributed by atoms with van der Waals surface area (Å²) in [7, 11) is -1.97. The molecular weight excluding hydrogens is 268 g/mol. The second-order valence-corrected chi connectivity index (χ2v) is 6.86. The molecule has 1 rings (SSSR count). The zero-order chi connectivity index (χ0) is 13.6. The highest BCUT2D eigenvalue weighted by Crippen LogP contribution is 2.24. The third-order valence-corrected chi connectivity index (χ3v) is 5.36. The minimum Gasteiger partial charge on any atom is -0.312 e. The zero-order valence-electron chi connectivity index (χ0n) is 10.6. The highest BCUT2D eigenvalue weighted by molar-refractivity contribution is 7.89. The first-order valence-corrected chi connectivity index (χ1v) is 8.03. The molecule has 0 saturated carbocycles. The van der Waals surface area contributed by atoms with Gasteiger partial charge in [0.25, 0.3) is 0 Å². The highest BCUT2D eigenvalue weighted by Gasteiger charge is 2.23. The Morgan fingerprint density at radius 3 is 2.89 bits per heavy atom. The van der Waals surface area contributed by atoms with Gasteiger partial charge in [-0.2, -0.15) is 4.31 Å². The van der Waals surface area contributed by atoms with Gasteiger partial charge in [0.15, 0.2) is 0 Å². The molecule has 0 fully saturated rings. The summed E-state index contributed by atoms with van der Waals surface area (Å²) in [4.78, 5) is 1.18. The summed E-state index contributed by atoms with van der Waals surface area (Å²) in [6.07, 6.45) is 6.17. The fraction of sp³-hybridized carbons (Fsp3) is 0.500. The molecule has 1 N–H and O–H groups in total. The lowest BCUT2D eigenvalue weighted by atomic mass is 10.4. The predicted octanol–water partition coefficient (Wildman–Crippen LogP) is 1.50. The molecule has 0 aliphatic rings. The molecule has 6 heteroatoms. The molecule has 0 spiro atoms. The van der Waals surface area contributed by atoms with Crippen molar-refractivity contribution < 1.29 is 8.42 Å². The van der Waals surface area contributed by atoms with Crippen molar-refractivity contribution in [1.82, 2.24) is 9.62 Å². The first-order valence-electron chi connectivity index (χ1n) is 5.71. The lowest BCUT2D eigenvalue weighted by molar-refractivity contribution is 0.502. The highest BCUT2D eigenvalue weighted by atomic mass is 32.2. The van der Waals surface area contributed by atoms with Crippen LogP contribution in [0.5, 0.6) is 0 Å². The van der Waals surface area contributed by atoms with Gasteiger partial charge in [0.05, 0.1) is 11.4 Å². The molecule has 0 atom stereocenters. The van der Waals surface area contributed by atoms with Gasteiger partial charge in [0, 0.05) is 18.5 Å². The van der Waals surface area contributed by atoms with Crippen molar-refractivity contribution in [2.24, 2.45) is 0 Å². The summed E-state index contributed by atoms with van der Waals surface area (Å²) in [5.41, 5.74) is 0. The van der Waals surface area contributed by atoms with Crippen LogP contribution in [0.4, 0.5) is 0 Å². The van der Waals surface area contributed by atoms with E-state index < -0.39 is 10.0 Å². The van der Waals surface area contributed by atoms with Crippen LogP contribution in [0.3, 0.4) is 0 Å². The molecule has 1 heterocycles. The van der Waals surface area contributed by atoms with Gasteiger partial charge in [-0.05, 0) is 24.4 Å². The Morgan fingerprint density at radius 1 is 1.56 bits per heavy atom. The van der Waals surface area contributed by atoms with E-state index in [4.69, 9.17) is 6.42 Å². The number of thiophene rings is 1. The van der Waals surface area contributed by atoms with Crippen molar-refractivity contribution in [3.8, 4) is 12.3 Å². The van der Waals surface area contributed by atoms with Crippen molar-refractivity contribution in [3.05, 3.63) is 16.3 Å². The molecule has 0 unspecified atom stereocenters. The van der Waals surface area contributed by atoms with Crippen molar-refractivity contribution in [3.63, 3.8) is 0 Å². The molecule has 0 aliphatic heterocycles. The lowest BCUT2D eigenvalue weighted by Crippen LogP contribution is -2.28. The van der Waals surface area contributed by atoms with Gasteiger partial charge in [-0.1, -0.05) is 12.8 Å². The van der Waals surface area contributed by atoms with E-state index in [1.54, 1.807) is 11.4 Å². The van der Waals surface area contributed by atoms with Crippen LogP contribution in [0.25, 0.3) is 0 Å². The second-order valence-electron chi connectivity index (χ2n) is 3.85. The Morgan fingerprint density at radius 2 is 2.28 bits per heavy atom. The Kier molecular flexibility index (Phi) is 5.82. The SMILES string of the molecule is C#CCN(C)S(=O)(=O)c1ccsc1CNCCC. The maximum atomic E-state index is 12.2. The number of nitrogens with zero attached hydrogens (tertiary/aromatic N) is 1. The maximum Gasteiger partial charge on any atom is 0.244 e. The van der Waals surface area contributed by atoms with Crippen LogP contribution in [-0.2, 0) is 16.6 Å². The van der Waals surface area contributed by atoms with E-state index in [2.05, 4.69) is 18.2 Å². The summed E-state index contributed by atoms with van der Waals surface area (Å²) < 4.78 is 25.7. The number of nitrogens with one attached hydrogen (secondary N) is 1. The van der Waals surface area contributed by atoms with Gasteiger partial charge in [-0.3, -0.25) is 0 Å². The topological polar surface area (TPSA) is 49.4 Å². The van der Waals surface area contributed by atoms with Gasteiger partial charge in [0.2, 0.25) is 10.0 Å². The smallest absolute Gasteiger partial charge is 0.244 e. The number of sulfonamides is 1. The van der Waals surface area contributed by atoms with E-state index in [-0.39, 0.29) is 6.54 Å². The second kappa shape index (κ2) is 6.90. The van der Waals surface area contributed by atoms with Crippen molar-refractivity contribution in [2.75, 3.05) is 20.1 Å². The van der Waals surface area contributed by atoms with E-state index in [0.717, 1.165) is 17.8 Å². The van der Waals surface area contributed by atoms with Crippen LogP contribution in [0, 0.1) is 12.3 Å². The number of rotatable bonds is 7. The molecule has 0 amide bonds. The average Bonchev–Trinajstić information content (AvgIpc) is 2.78. The Hall–Kier alpha value is -0.870. The molecular formula is C12H18N2O2S2. The van der Waals surface area contributed by atoms with E-state index in [1.165, 1.54) is 22.7 Å². The van der Waals surface area contributed by atoms with Gasteiger partial charge >= 0.3 is 0 Å². The van der Waals surface area contributed by atoms with E-state index >= 15 is 0 Å². The quantitative estimate of drug-likeness (QED) is 0.610. The van der Waals surface area contributed by atoms with Crippen LogP contribution in [0.15, 0.2) is 16.3 Å². The number of hydrogen-bond donors (Lipinski definition) is 1. The molecule has 0 bridgehead atoms. The monoisotopic (exact) mass is 286 g/mol. The van der Waals surface area contributed by atoms with Crippen molar-refractivity contribution >= 4 is 21.4 Å². The molecule has 0 aliphatic carbocycles. The lowest BCUT2D eigenvalue weighted by Gasteiger charge is -2.14. The summed E-state index contributed by atoms with van der Waals surface area (Å²) in [5.74, 6) is 2.34. The molecule has 0 saturated heterocycles. The molecule has 4 nitrogen and oxygen atoms in total. The standard InChI is InChI=1S/C12H18N2O2S2/c1-4-7-13-10-11-12(6-9-17-11)18(15,16)14(3)8-5-2/h2,6,9,13H,4,7-8,10H2,1,3H3. The normalized spacial score (nSPS) is 11.7. The molecule has 0 aromatic carbocycles. The molecule has 0 radical (unpaired) electrons. The van der Waals surface area contributed by atoms with E-state index in [9.17, 15) is 8.42 Å². The van der Waals surface area contributed by atoms with Crippen LogP contribution >= 0.6 is 11.3 Å². The molecule has 18 heavy (non-hydrogen) atoms. The van der Waals surface area contributed by atoms with Gasteiger partial charge in [-0.15, -0.1) is 17.8 Å². The van der Waals surface area contributed by atoms with Gasteiger partial charge < -0.3 is 5.32 Å². The predicted molar refractivity (Wildman–Crippen MR) is 75.0 cm³/mol. The average molecular weight is 286 g/mol. The minimum atomic E-state index is -3.46. The van der Waals surface area contributed by atoms with Gasteiger partial charge in [0.1, 0.15) is 0 Å². The summed E-state index contributed by atoms with van der Waals surface area (Å²) in [6, 6.07) is 1.63. The third kappa shape index (κ3) is 3.56. The number of terminal acetylenes is 1. The molecule has 1 aromatic heterocycles. The maximum absolute atomic E-state index is 12.2. The Bertz CT molecular complexity index is 514. The summed E-state index contributed by atoms with van der Waals surface area (Å²) >= 11 is 1.44. The zero-order valence-corrected chi connectivity index (χ0v) is 12.3. The number of hydrogen-bond acceptors (Lipinski definition) is 4. The van der Waals surface area contributed by atoms with Crippen LogP contribution in [0.1, 0.15) is 18.2 Å². The van der Waals surface area contributed by atoms with Crippen LogP contribution in [0.2, 0.25) is 0 Å². The Labute approximate surface area is 113 Å². The summed E-state index contributed by atoms with van der Waals surface area (Å²) in [6.45, 7) is 3.60. The van der Waals surface area contributed by atoms with Crippen LogP contribution < -0.4 is 5.32 Å². The van der Waals surface area contributed by atoms with E-state index in [1.807, 2.05) is 0 Å².